The van der Waals surface area contributed by atoms with Gasteiger partial charge in [-0.15, -0.1) is 65.2 Å². The smallest absolute Gasteiger partial charge is 0.0167 e. The molecule has 2 aromatic heterocycles. The van der Waals surface area contributed by atoms with E-state index in [1.54, 1.807) is 6.20 Å². The second-order valence-corrected chi connectivity index (χ2v) is 12.5. The fraction of sp³-hybridized carbons (Fsp3) is 0.0909. The number of aromatic nitrogens is 2. The molecular weight excluding hydrogens is 749 g/mol. The van der Waals surface area contributed by atoms with E-state index in [0.717, 1.165) is 22.5 Å². The molecule has 229 valence electrons. The Kier molecular flexibility index (Phi) is 8.06. The summed E-state index contributed by atoms with van der Waals surface area (Å²) in [5, 5.41) is 7.55. The Morgan fingerprint density at radius 1 is 0.553 bits per heavy atom. The van der Waals surface area contributed by atoms with E-state index in [9.17, 15) is 0 Å². The number of hydrogen-bond donors (Lipinski definition) is 0. The zero-order chi connectivity index (χ0) is 31.3. The summed E-state index contributed by atoms with van der Waals surface area (Å²) in [6, 6.07) is 51.5. The van der Waals surface area contributed by atoms with Crippen molar-refractivity contribution in [3.05, 3.63) is 169 Å². The first kappa shape index (κ1) is 30.7. The van der Waals surface area contributed by atoms with E-state index in [1.165, 1.54) is 60.1 Å². The molecule has 0 saturated heterocycles. The maximum Gasteiger partial charge on any atom is 0.0167 e. The number of aryl methyl sites for hydroxylation is 1. The van der Waals surface area contributed by atoms with Gasteiger partial charge in [0.15, 0.2) is 0 Å². The van der Waals surface area contributed by atoms with Gasteiger partial charge in [-0.05, 0) is 73.7 Å². The molecule has 2 heterocycles. The van der Waals surface area contributed by atoms with Crippen molar-refractivity contribution in [2.75, 3.05) is 0 Å². The Hall–Kier alpha value is -4.95. The molecule has 0 unspecified atom stereocenters. The van der Waals surface area contributed by atoms with Gasteiger partial charge in [-0.25, -0.2) is 0 Å². The van der Waals surface area contributed by atoms with Gasteiger partial charge in [0.2, 0.25) is 0 Å². The Morgan fingerprint density at radius 2 is 1.30 bits per heavy atom. The first-order valence-corrected chi connectivity index (χ1v) is 15.7. The molecule has 0 saturated carbocycles. The van der Waals surface area contributed by atoms with Crippen LogP contribution in [0.3, 0.4) is 0 Å². The van der Waals surface area contributed by atoms with Crippen molar-refractivity contribution < 1.29 is 20.1 Å². The van der Waals surface area contributed by atoms with E-state index in [1.807, 2.05) is 48.7 Å². The largest absolute Gasteiger partial charge is 0.305 e. The van der Waals surface area contributed by atoms with Gasteiger partial charge in [0.1, 0.15) is 0 Å². The molecule has 0 aliphatic heterocycles. The molecule has 0 fully saturated rings. The minimum Gasteiger partial charge on any atom is -0.305 e. The van der Waals surface area contributed by atoms with E-state index in [0.29, 0.717) is 0 Å². The average molecular weight is 781 g/mol. The summed E-state index contributed by atoms with van der Waals surface area (Å²) in [4.78, 5) is 9.07. The molecular formula is C44H32IrN2-2. The number of pyridine rings is 2. The second-order valence-electron chi connectivity index (χ2n) is 12.5. The normalized spacial score (nSPS) is 12.6. The number of rotatable bonds is 2. The number of fused-ring (bicyclic) bond motifs is 8. The van der Waals surface area contributed by atoms with Crippen molar-refractivity contribution in [1.82, 2.24) is 9.97 Å². The molecule has 0 atom stereocenters. The van der Waals surface area contributed by atoms with Crippen molar-refractivity contribution >= 4 is 32.3 Å². The van der Waals surface area contributed by atoms with Crippen LogP contribution in [-0.2, 0) is 25.5 Å². The maximum atomic E-state index is 4.85. The van der Waals surface area contributed by atoms with Gasteiger partial charge >= 0.3 is 0 Å². The molecule has 1 radical (unpaired) electrons. The second kappa shape index (κ2) is 12.3. The molecule has 8 aromatic rings. The van der Waals surface area contributed by atoms with E-state index >= 15 is 0 Å². The monoisotopic (exact) mass is 781 g/mol. The zero-order valence-corrected chi connectivity index (χ0v) is 28.9. The van der Waals surface area contributed by atoms with Crippen LogP contribution < -0.4 is 0 Å². The number of hydrogen-bond acceptors (Lipinski definition) is 2. The maximum absolute atomic E-state index is 4.85. The van der Waals surface area contributed by atoms with Crippen LogP contribution in [0.2, 0.25) is 0 Å². The molecule has 1 aliphatic rings. The third-order valence-electron chi connectivity index (χ3n) is 9.33. The SMILES string of the molecule is Cc1ccc2c(ccc3c4ccnc(-c5[c-]cc6c(c5)C(C)(C)c5ccccc5-6)c4ccc23)c1.[Ir].[c-]1ccccc1-c1ccccn1. The fourth-order valence-corrected chi connectivity index (χ4v) is 7.00. The Morgan fingerprint density at radius 3 is 2.13 bits per heavy atom. The predicted molar refractivity (Wildman–Crippen MR) is 192 cm³/mol. The molecule has 0 N–H and O–H groups in total. The first-order valence-electron chi connectivity index (χ1n) is 15.7. The van der Waals surface area contributed by atoms with Crippen LogP contribution in [0.5, 0.6) is 0 Å². The summed E-state index contributed by atoms with van der Waals surface area (Å²) in [7, 11) is 0. The van der Waals surface area contributed by atoms with E-state index < -0.39 is 0 Å². The molecule has 9 rings (SSSR count). The fourth-order valence-electron chi connectivity index (χ4n) is 7.00. The van der Waals surface area contributed by atoms with Crippen LogP contribution in [0.25, 0.3) is 66.0 Å². The van der Waals surface area contributed by atoms with E-state index in [-0.39, 0.29) is 25.5 Å². The molecule has 1 aliphatic carbocycles. The Balaban J connectivity index is 0.000000228. The van der Waals surface area contributed by atoms with Crippen molar-refractivity contribution in [3.63, 3.8) is 0 Å². The van der Waals surface area contributed by atoms with Crippen molar-refractivity contribution in [1.29, 1.82) is 0 Å². The minimum absolute atomic E-state index is 0. The molecule has 2 nitrogen and oxygen atoms in total. The van der Waals surface area contributed by atoms with E-state index in [2.05, 4.69) is 123 Å². The van der Waals surface area contributed by atoms with Crippen molar-refractivity contribution in [2.45, 2.75) is 26.2 Å². The van der Waals surface area contributed by atoms with Crippen LogP contribution in [0.15, 0.2) is 140 Å². The molecule has 3 heteroatoms. The molecule has 0 amide bonds. The van der Waals surface area contributed by atoms with Gasteiger partial charge in [-0.1, -0.05) is 109 Å². The third-order valence-corrected chi connectivity index (χ3v) is 9.33. The summed E-state index contributed by atoms with van der Waals surface area (Å²) < 4.78 is 0. The standard InChI is InChI=1S/C33H24N.C11H8N.Ir/c1-20-8-11-23-21(18-20)9-12-25-24(23)14-15-29-26(25)16-17-34-32(29)22-10-13-28-27-6-4-5-7-30(27)33(2,3)31(28)19-22;1-2-6-10(7-3-1)11-8-4-5-9-12-11;/h4-9,11-19H,1-3H3;1-6,8-9H;/q2*-1;. The molecule has 47 heavy (non-hydrogen) atoms. The summed E-state index contributed by atoms with van der Waals surface area (Å²) in [5.74, 6) is 0. The molecule has 0 spiro atoms. The predicted octanol–water partition coefficient (Wildman–Crippen LogP) is 11.2. The van der Waals surface area contributed by atoms with Gasteiger partial charge in [-0.3, -0.25) is 0 Å². The summed E-state index contributed by atoms with van der Waals surface area (Å²) >= 11 is 0. The number of nitrogens with zero attached hydrogens (tertiary/aromatic N) is 2. The quantitative estimate of drug-likeness (QED) is 0.129. The first-order chi connectivity index (χ1) is 22.5. The number of benzene rings is 6. The third kappa shape index (κ3) is 5.36. The minimum atomic E-state index is -0.0376. The molecule has 0 bridgehead atoms. The van der Waals surface area contributed by atoms with Gasteiger partial charge < -0.3 is 9.97 Å². The topological polar surface area (TPSA) is 25.8 Å². The van der Waals surface area contributed by atoms with Gasteiger partial charge in [0.05, 0.1) is 0 Å². The van der Waals surface area contributed by atoms with Gasteiger partial charge in [0.25, 0.3) is 0 Å². The Labute approximate surface area is 289 Å². The van der Waals surface area contributed by atoms with Crippen molar-refractivity contribution in [3.8, 4) is 33.6 Å². The van der Waals surface area contributed by atoms with Crippen LogP contribution in [0.1, 0.15) is 30.5 Å². The van der Waals surface area contributed by atoms with Crippen LogP contribution in [-0.4, -0.2) is 9.97 Å². The Bertz CT molecular complexity index is 2360. The molecule has 6 aromatic carbocycles. The van der Waals surface area contributed by atoms with E-state index in [4.69, 9.17) is 4.98 Å². The van der Waals surface area contributed by atoms with Gasteiger partial charge in [0, 0.05) is 32.5 Å². The van der Waals surface area contributed by atoms with Crippen molar-refractivity contribution in [2.24, 2.45) is 0 Å². The summed E-state index contributed by atoms with van der Waals surface area (Å²) in [6.07, 6.45) is 3.73. The summed E-state index contributed by atoms with van der Waals surface area (Å²) in [6.45, 7) is 6.78. The van der Waals surface area contributed by atoms with Gasteiger partial charge in [-0.2, -0.15) is 0 Å². The van der Waals surface area contributed by atoms with Crippen LogP contribution in [0.4, 0.5) is 0 Å². The van der Waals surface area contributed by atoms with Crippen LogP contribution >= 0.6 is 0 Å². The van der Waals surface area contributed by atoms with Crippen LogP contribution in [0, 0.1) is 19.1 Å². The summed E-state index contributed by atoms with van der Waals surface area (Å²) in [5.41, 5.74) is 10.7. The average Bonchev–Trinajstić information content (AvgIpc) is 3.34. The zero-order valence-electron chi connectivity index (χ0n) is 26.5.